The Balaban J connectivity index is 2.31. The van der Waals surface area contributed by atoms with Crippen molar-refractivity contribution >= 4 is 23.7 Å². The summed E-state index contributed by atoms with van der Waals surface area (Å²) in [5.74, 6) is -0.610. The molecule has 5 nitrogen and oxygen atoms in total. The van der Waals surface area contributed by atoms with Gasteiger partial charge < -0.3 is 14.8 Å². The molecule has 0 heterocycles. The van der Waals surface area contributed by atoms with Crippen LogP contribution in [0.15, 0.2) is 30.3 Å². The van der Waals surface area contributed by atoms with Gasteiger partial charge in [0, 0.05) is 0 Å². The highest BCUT2D eigenvalue weighted by Gasteiger charge is 2.17. The van der Waals surface area contributed by atoms with Crippen molar-refractivity contribution in [3.8, 4) is 0 Å². The van der Waals surface area contributed by atoms with Crippen molar-refractivity contribution in [2.75, 3.05) is 6.07 Å². The van der Waals surface area contributed by atoms with E-state index >= 15 is 0 Å². The van der Waals surface area contributed by atoms with Gasteiger partial charge in [-0.3, -0.25) is 0 Å². The van der Waals surface area contributed by atoms with Crippen LogP contribution in [0, 0.1) is 0 Å². The zero-order valence-electron chi connectivity index (χ0n) is 9.89. The number of rotatable bonds is 5. The molecule has 6 heteroatoms. The van der Waals surface area contributed by atoms with E-state index in [0.717, 1.165) is 5.56 Å². The summed E-state index contributed by atoms with van der Waals surface area (Å²) in [4.78, 5) is 22.5. The predicted molar refractivity (Wildman–Crippen MR) is 66.0 cm³/mol. The van der Waals surface area contributed by atoms with Crippen molar-refractivity contribution in [3.63, 3.8) is 0 Å². The molecule has 0 saturated heterocycles. The first-order valence-electron chi connectivity index (χ1n) is 5.33. The maximum Gasteiger partial charge on any atom is 0.408 e. The largest absolute Gasteiger partial charge is 0.448 e. The number of hydrogen-bond donors (Lipinski definition) is 1. The van der Waals surface area contributed by atoms with Crippen LogP contribution >= 0.6 is 11.6 Å². The van der Waals surface area contributed by atoms with Crippen molar-refractivity contribution < 1.29 is 19.1 Å². The molecule has 0 aromatic heterocycles. The van der Waals surface area contributed by atoms with Gasteiger partial charge in [0.25, 0.3) is 0 Å². The Labute approximate surface area is 110 Å². The van der Waals surface area contributed by atoms with Crippen LogP contribution in [0.5, 0.6) is 0 Å². The van der Waals surface area contributed by atoms with Crippen molar-refractivity contribution in [3.05, 3.63) is 35.9 Å². The first-order chi connectivity index (χ1) is 8.63. The molecule has 1 atom stereocenters. The van der Waals surface area contributed by atoms with Crippen LogP contribution in [0.1, 0.15) is 12.5 Å². The predicted octanol–water partition coefficient (Wildman–Crippen LogP) is 2.04. The summed E-state index contributed by atoms with van der Waals surface area (Å²) in [6.45, 7) is 1.63. The topological polar surface area (TPSA) is 64.6 Å². The lowest BCUT2D eigenvalue weighted by Crippen LogP contribution is -2.39. The highest BCUT2D eigenvalue weighted by Crippen LogP contribution is 2.01. The van der Waals surface area contributed by atoms with Gasteiger partial charge in [0.15, 0.2) is 6.07 Å². The second-order valence-electron chi connectivity index (χ2n) is 3.50. The van der Waals surface area contributed by atoms with Crippen LogP contribution in [0.25, 0.3) is 0 Å². The minimum absolute atomic E-state index is 0.143. The Morgan fingerprint density at radius 1 is 1.28 bits per heavy atom. The minimum Gasteiger partial charge on any atom is -0.448 e. The van der Waals surface area contributed by atoms with E-state index in [4.69, 9.17) is 16.3 Å². The molecule has 98 valence electrons. The average Bonchev–Trinajstić information content (AvgIpc) is 2.38. The highest BCUT2D eigenvalue weighted by molar-refractivity contribution is 6.17. The van der Waals surface area contributed by atoms with Crippen LogP contribution < -0.4 is 5.32 Å². The molecule has 1 unspecified atom stereocenters. The number of nitrogens with one attached hydrogen (secondary N) is 1. The maximum atomic E-state index is 11.4. The molecule has 1 amide bonds. The number of alkyl carbamates (subject to hydrolysis) is 1. The van der Waals surface area contributed by atoms with E-state index < -0.39 is 18.1 Å². The van der Waals surface area contributed by atoms with E-state index in [-0.39, 0.29) is 12.7 Å². The SMILES string of the molecule is CC(NC(=O)OCc1ccccc1)C(=O)OCCl. The van der Waals surface area contributed by atoms with Crippen LogP contribution in [-0.2, 0) is 20.9 Å². The van der Waals surface area contributed by atoms with E-state index in [1.807, 2.05) is 30.3 Å². The van der Waals surface area contributed by atoms with Crippen molar-refractivity contribution in [1.29, 1.82) is 0 Å². The van der Waals surface area contributed by atoms with Gasteiger partial charge in [0.05, 0.1) is 0 Å². The second kappa shape index (κ2) is 7.55. The number of ether oxygens (including phenoxy) is 2. The zero-order valence-corrected chi connectivity index (χ0v) is 10.6. The Morgan fingerprint density at radius 3 is 2.56 bits per heavy atom. The summed E-state index contributed by atoms with van der Waals surface area (Å²) < 4.78 is 9.46. The molecule has 0 aliphatic rings. The highest BCUT2D eigenvalue weighted by atomic mass is 35.5. The zero-order chi connectivity index (χ0) is 13.4. The summed E-state index contributed by atoms with van der Waals surface area (Å²) in [7, 11) is 0. The molecule has 1 aromatic rings. The molecule has 1 aromatic carbocycles. The summed E-state index contributed by atoms with van der Waals surface area (Å²) in [5, 5.41) is 2.34. The van der Waals surface area contributed by atoms with Gasteiger partial charge in [-0.25, -0.2) is 9.59 Å². The first-order valence-corrected chi connectivity index (χ1v) is 5.86. The van der Waals surface area contributed by atoms with E-state index in [2.05, 4.69) is 10.1 Å². The van der Waals surface area contributed by atoms with Crippen LogP contribution in [0.2, 0.25) is 0 Å². The van der Waals surface area contributed by atoms with Gasteiger partial charge in [-0.05, 0) is 12.5 Å². The monoisotopic (exact) mass is 271 g/mol. The molecule has 0 radical (unpaired) electrons. The fraction of sp³-hybridized carbons (Fsp3) is 0.333. The van der Waals surface area contributed by atoms with Crippen molar-refractivity contribution in [2.45, 2.75) is 19.6 Å². The molecule has 0 spiro atoms. The lowest BCUT2D eigenvalue weighted by Gasteiger charge is -2.12. The van der Waals surface area contributed by atoms with Crippen LogP contribution in [0.4, 0.5) is 4.79 Å². The molecular weight excluding hydrogens is 258 g/mol. The Morgan fingerprint density at radius 2 is 1.94 bits per heavy atom. The Bertz CT molecular complexity index is 396. The van der Waals surface area contributed by atoms with Crippen molar-refractivity contribution in [2.24, 2.45) is 0 Å². The third kappa shape index (κ3) is 5.05. The lowest BCUT2D eigenvalue weighted by molar-refractivity contribution is -0.143. The fourth-order valence-corrected chi connectivity index (χ4v) is 1.29. The molecule has 0 aliphatic carbocycles. The fourth-order valence-electron chi connectivity index (χ4n) is 1.18. The number of hydrogen-bond acceptors (Lipinski definition) is 4. The smallest absolute Gasteiger partial charge is 0.408 e. The maximum absolute atomic E-state index is 11.4. The van der Waals surface area contributed by atoms with Gasteiger partial charge in [-0.2, -0.15) is 0 Å². The number of carbonyl (C=O) groups excluding carboxylic acids is 2. The number of amides is 1. The number of alkyl halides is 1. The Kier molecular flexibility index (Phi) is 6.00. The van der Waals surface area contributed by atoms with Gasteiger partial charge >= 0.3 is 12.1 Å². The van der Waals surface area contributed by atoms with Gasteiger partial charge in [0.1, 0.15) is 12.6 Å². The number of carbonyl (C=O) groups is 2. The van der Waals surface area contributed by atoms with Crippen LogP contribution in [0.3, 0.4) is 0 Å². The summed E-state index contributed by atoms with van der Waals surface area (Å²) in [5.41, 5.74) is 0.864. The first kappa shape index (κ1) is 14.3. The van der Waals surface area contributed by atoms with Crippen molar-refractivity contribution in [1.82, 2.24) is 5.32 Å². The normalized spacial score (nSPS) is 11.4. The summed E-state index contributed by atoms with van der Waals surface area (Å²) in [6.07, 6.45) is -0.683. The molecule has 0 saturated carbocycles. The molecule has 0 bridgehead atoms. The number of benzene rings is 1. The van der Waals surface area contributed by atoms with E-state index in [9.17, 15) is 9.59 Å². The third-order valence-electron chi connectivity index (χ3n) is 2.10. The molecule has 18 heavy (non-hydrogen) atoms. The quantitative estimate of drug-likeness (QED) is 0.657. The summed E-state index contributed by atoms with van der Waals surface area (Å²) >= 11 is 5.23. The third-order valence-corrected chi connectivity index (χ3v) is 2.21. The number of esters is 1. The van der Waals surface area contributed by atoms with Gasteiger partial charge in [0.2, 0.25) is 0 Å². The molecule has 0 fully saturated rings. The van der Waals surface area contributed by atoms with E-state index in [1.165, 1.54) is 6.92 Å². The molecular formula is C12H14ClNO4. The standard InChI is InChI=1S/C12H14ClNO4/c1-9(11(15)18-8-13)14-12(16)17-7-10-5-3-2-4-6-10/h2-6,9H,7-8H2,1H3,(H,14,16). The number of halogens is 1. The molecule has 0 aliphatic heterocycles. The van der Waals surface area contributed by atoms with E-state index in [1.54, 1.807) is 0 Å². The summed E-state index contributed by atoms with van der Waals surface area (Å²) in [6, 6.07) is 8.18. The van der Waals surface area contributed by atoms with E-state index in [0.29, 0.717) is 0 Å². The van der Waals surface area contributed by atoms with Gasteiger partial charge in [-0.15, -0.1) is 0 Å². The molecule has 1 rings (SSSR count). The Hall–Kier alpha value is -1.75. The van der Waals surface area contributed by atoms with Crippen LogP contribution in [-0.4, -0.2) is 24.2 Å². The minimum atomic E-state index is -0.799. The second-order valence-corrected chi connectivity index (χ2v) is 3.72. The average molecular weight is 272 g/mol. The molecule has 1 N–H and O–H groups in total. The lowest BCUT2D eigenvalue weighted by atomic mass is 10.2. The van der Waals surface area contributed by atoms with Gasteiger partial charge in [-0.1, -0.05) is 41.9 Å².